The number of nitrogens with zero attached hydrogens (tertiary/aromatic N) is 4. The zero-order chi connectivity index (χ0) is 13.0. The monoisotopic (exact) mass is 246 g/mol. The van der Waals surface area contributed by atoms with E-state index in [1.807, 2.05) is 16.9 Å². The predicted molar refractivity (Wildman–Crippen MR) is 68.5 cm³/mol. The number of hydrogen-bond acceptors (Lipinski definition) is 4. The third-order valence-electron chi connectivity index (χ3n) is 2.53. The third-order valence-corrected chi connectivity index (χ3v) is 2.53. The van der Waals surface area contributed by atoms with Gasteiger partial charge in [-0.3, -0.25) is 9.67 Å². The Morgan fingerprint density at radius 1 is 1.22 bits per heavy atom. The molecule has 0 atom stereocenters. The van der Waals surface area contributed by atoms with Crippen LogP contribution in [0, 0.1) is 0 Å². The molecule has 0 amide bonds. The lowest BCUT2D eigenvalue weighted by atomic mass is 9.93. The quantitative estimate of drug-likeness (QED) is 0.828. The first-order valence-electron chi connectivity index (χ1n) is 5.98. The van der Waals surface area contributed by atoms with E-state index in [1.54, 1.807) is 18.6 Å². The van der Waals surface area contributed by atoms with Gasteiger partial charge in [-0.1, -0.05) is 20.8 Å². The first-order chi connectivity index (χ1) is 8.55. The summed E-state index contributed by atoms with van der Waals surface area (Å²) in [5.41, 5.74) is 0.975. The van der Waals surface area contributed by atoms with E-state index in [0.717, 1.165) is 5.69 Å². The normalized spacial score (nSPS) is 11.5. The Morgan fingerprint density at radius 2 is 2.06 bits per heavy atom. The van der Waals surface area contributed by atoms with Gasteiger partial charge in [0.15, 0.2) is 0 Å². The molecule has 0 bridgehead atoms. The maximum Gasteiger partial charge on any atom is 0.232 e. The summed E-state index contributed by atoms with van der Waals surface area (Å²) >= 11 is 0. The second-order valence-corrected chi connectivity index (χ2v) is 5.11. The summed E-state index contributed by atoms with van der Waals surface area (Å²) in [7, 11) is 0. The molecule has 2 aromatic heterocycles. The maximum absolute atomic E-state index is 5.51. The van der Waals surface area contributed by atoms with Crippen molar-refractivity contribution in [3.05, 3.63) is 36.5 Å². The molecule has 0 saturated carbocycles. The highest BCUT2D eigenvalue weighted by atomic mass is 16.5. The van der Waals surface area contributed by atoms with Crippen molar-refractivity contribution in [1.29, 1.82) is 0 Å². The first kappa shape index (κ1) is 12.5. The van der Waals surface area contributed by atoms with E-state index in [0.29, 0.717) is 19.0 Å². The lowest BCUT2D eigenvalue weighted by Crippen LogP contribution is -2.14. The lowest BCUT2D eigenvalue weighted by Gasteiger charge is -2.16. The fraction of sp³-hybridized carbons (Fsp3) is 0.462. The molecule has 5 heteroatoms. The molecule has 18 heavy (non-hydrogen) atoms. The van der Waals surface area contributed by atoms with Gasteiger partial charge in [0.1, 0.15) is 6.61 Å². The topological polar surface area (TPSA) is 52.8 Å². The SMILES string of the molecule is CC(C)(C)c1cnc(OCCn2cccn2)cn1. The zero-order valence-electron chi connectivity index (χ0n) is 11.0. The lowest BCUT2D eigenvalue weighted by molar-refractivity contribution is 0.279. The molecule has 0 spiro atoms. The second kappa shape index (κ2) is 5.16. The largest absolute Gasteiger partial charge is 0.475 e. The van der Waals surface area contributed by atoms with Gasteiger partial charge in [0.2, 0.25) is 5.88 Å². The van der Waals surface area contributed by atoms with Gasteiger partial charge in [0, 0.05) is 17.8 Å². The average molecular weight is 246 g/mol. The van der Waals surface area contributed by atoms with Crippen LogP contribution >= 0.6 is 0 Å². The smallest absolute Gasteiger partial charge is 0.232 e. The summed E-state index contributed by atoms with van der Waals surface area (Å²) in [6, 6.07) is 1.89. The van der Waals surface area contributed by atoms with E-state index in [1.165, 1.54) is 0 Å². The van der Waals surface area contributed by atoms with E-state index in [-0.39, 0.29) is 5.41 Å². The second-order valence-electron chi connectivity index (χ2n) is 5.11. The standard InChI is InChI=1S/C13H18N4O/c1-13(2,3)11-9-15-12(10-14-11)18-8-7-17-6-4-5-16-17/h4-6,9-10H,7-8H2,1-3H3. The molecular weight excluding hydrogens is 228 g/mol. The van der Waals surface area contributed by atoms with Gasteiger partial charge in [-0.2, -0.15) is 5.10 Å². The van der Waals surface area contributed by atoms with Gasteiger partial charge in [-0.25, -0.2) is 4.98 Å². The summed E-state index contributed by atoms with van der Waals surface area (Å²) in [5, 5.41) is 4.09. The van der Waals surface area contributed by atoms with Crippen molar-refractivity contribution in [2.24, 2.45) is 0 Å². The van der Waals surface area contributed by atoms with E-state index in [9.17, 15) is 0 Å². The van der Waals surface area contributed by atoms with Crippen molar-refractivity contribution >= 4 is 0 Å². The minimum absolute atomic E-state index is 0.0145. The van der Waals surface area contributed by atoms with E-state index < -0.39 is 0 Å². The molecule has 2 rings (SSSR count). The van der Waals surface area contributed by atoms with Crippen LogP contribution in [0.2, 0.25) is 0 Å². The Labute approximate surface area is 107 Å². The summed E-state index contributed by atoms with van der Waals surface area (Å²) in [4.78, 5) is 8.61. The molecule has 0 unspecified atom stereocenters. The highest BCUT2D eigenvalue weighted by Crippen LogP contribution is 2.19. The van der Waals surface area contributed by atoms with Crippen molar-refractivity contribution in [2.75, 3.05) is 6.61 Å². The molecule has 0 N–H and O–H groups in total. The molecule has 0 aliphatic rings. The van der Waals surface area contributed by atoms with Crippen LogP contribution in [0.3, 0.4) is 0 Å². The average Bonchev–Trinajstić information content (AvgIpc) is 2.82. The Kier molecular flexibility index (Phi) is 3.60. The maximum atomic E-state index is 5.51. The van der Waals surface area contributed by atoms with Crippen molar-refractivity contribution < 1.29 is 4.74 Å². The Bertz CT molecular complexity index is 471. The summed E-state index contributed by atoms with van der Waals surface area (Å²) in [5.74, 6) is 0.551. The third kappa shape index (κ3) is 3.29. The molecule has 2 aromatic rings. The highest BCUT2D eigenvalue weighted by molar-refractivity contribution is 5.13. The van der Waals surface area contributed by atoms with Crippen LogP contribution < -0.4 is 4.74 Å². The Hall–Kier alpha value is -1.91. The van der Waals surface area contributed by atoms with Gasteiger partial charge >= 0.3 is 0 Å². The molecule has 0 radical (unpaired) electrons. The number of ether oxygens (including phenoxy) is 1. The first-order valence-corrected chi connectivity index (χ1v) is 5.98. The molecule has 2 heterocycles. The fourth-order valence-corrected chi connectivity index (χ4v) is 1.45. The number of aromatic nitrogens is 4. The van der Waals surface area contributed by atoms with Crippen LogP contribution in [-0.4, -0.2) is 26.4 Å². The molecule has 0 aromatic carbocycles. The van der Waals surface area contributed by atoms with Crippen molar-refractivity contribution in [3.8, 4) is 5.88 Å². The van der Waals surface area contributed by atoms with Gasteiger partial charge < -0.3 is 4.74 Å². The predicted octanol–water partition coefficient (Wildman–Crippen LogP) is 2.05. The molecule has 0 aliphatic heterocycles. The molecule has 5 nitrogen and oxygen atoms in total. The van der Waals surface area contributed by atoms with Crippen LogP contribution in [0.5, 0.6) is 5.88 Å². The minimum Gasteiger partial charge on any atom is -0.475 e. The fourth-order valence-electron chi connectivity index (χ4n) is 1.45. The van der Waals surface area contributed by atoms with E-state index >= 15 is 0 Å². The summed E-state index contributed by atoms with van der Waals surface area (Å²) in [6.45, 7) is 7.56. The molecule has 0 saturated heterocycles. The zero-order valence-corrected chi connectivity index (χ0v) is 11.0. The van der Waals surface area contributed by atoms with Crippen LogP contribution in [0.1, 0.15) is 26.5 Å². The molecule has 0 fully saturated rings. The highest BCUT2D eigenvalue weighted by Gasteiger charge is 2.15. The van der Waals surface area contributed by atoms with Crippen molar-refractivity contribution in [1.82, 2.24) is 19.7 Å². The van der Waals surface area contributed by atoms with Crippen LogP contribution in [0.4, 0.5) is 0 Å². The molecular formula is C13H18N4O. The molecule has 0 aliphatic carbocycles. The van der Waals surface area contributed by atoms with Crippen molar-refractivity contribution in [3.63, 3.8) is 0 Å². The summed E-state index contributed by atoms with van der Waals surface area (Å²) < 4.78 is 7.33. The summed E-state index contributed by atoms with van der Waals surface area (Å²) in [6.07, 6.45) is 7.09. The number of rotatable bonds is 4. The van der Waals surface area contributed by atoms with Gasteiger partial charge in [-0.15, -0.1) is 0 Å². The Morgan fingerprint density at radius 3 is 2.61 bits per heavy atom. The minimum atomic E-state index is 0.0145. The van der Waals surface area contributed by atoms with Crippen molar-refractivity contribution in [2.45, 2.75) is 32.7 Å². The van der Waals surface area contributed by atoms with Gasteiger partial charge in [-0.05, 0) is 6.07 Å². The van der Waals surface area contributed by atoms with Crippen LogP contribution in [0.25, 0.3) is 0 Å². The van der Waals surface area contributed by atoms with Crippen LogP contribution in [-0.2, 0) is 12.0 Å². The molecule has 96 valence electrons. The Balaban J connectivity index is 1.87. The number of hydrogen-bond donors (Lipinski definition) is 0. The van der Waals surface area contributed by atoms with E-state index in [4.69, 9.17) is 4.74 Å². The van der Waals surface area contributed by atoms with E-state index in [2.05, 4.69) is 35.8 Å². The van der Waals surface area contributed by atoms with Gasteiger partial charge in [0.25, 0.3) is 0 Å². The van der Waals surface area contributed by atoms with Crippen LogP contribution in [0.15, 0.2) is 30.9 Å². The van der Waals surface area contributed by atoms with Gasteiger partial charge in [0.05, 0.1) is 24.6 Å².